The summed E-state index contributed by atoms with van der Waals surface area (Å²) in [4.78, 5) is 14.0. The van der Waals surface area contributed by atoms with Crippen molar-refractivity contribution < 1.29 is 9.90 Å². The van der Waals surface area contributed by atoms with Gasteiger partial charge in [0.15, 0.2) is 0 Å². The lowest BCUT2D eigenvalue weighted by Gasteiger charge is -2.25. The van der Waals surface area contributed by atoms with Crippen molar-refractivity contribution in [2.45, 2.75) is 33.7 Å². The van der Waals surface area contributed by atoms with E-state index in [9.17, 15) is 4.79 Å². The molecule has 0 spiro atoms. The highest BCUT2D eigenvalue weighted by Crippen LogP contribution is 2.19. The minimum atomic E-state index is -0.0421. The normalized spacial score (nSPS) is 12.5. The van der Waals surface area contributed by atoms with E-state index in [1.54, 1.807) is 0 Å². The van der Waals surface area contributed by atoms with E-state index in [4.69, 9.17) is 5.11 Å². The molecule has 2 N–H and O–H groups in total. The van der Waals surface area contributed by atoms with Crippen molar-refractivity contribution in [3.63, 3.8) is 0 Å². The minimum Gasteiger partial charge on any atom is -0.395 e. The summed E-state index contributed by atoms with van der Waals surface area (Å²) in [5.41, 5.74) is 3.01. The molecule has 0 aliphatic rings. The highest BCUT2D eigenvalue weighted by Gasteiger charge is 2.15. The van der Waals surface area contributed by atoms with Gasteiger partial charge in [-0.15, -0.1) is 0 Å². The van der Waals surface area contributed by atoms with E-state index in [0.29, 0.717) is 6.54 Å². The third-order valence-corrected chi connectivity index (χ3v) is 3.39. The first-order valence-electron chi connectivity index (χ1n) is 6.70. The molecule has 4 nitrogen and oxygen atoms in total. The SMILES string of the molecule is CCN(CC(=O)Nc1c(C)cccc1C)C(C)CO. The van der Waals surface area contributed by atoms with Gasteiger partial charge in [-0.1, -0.05) is 25.1 Å². The first-order chi connectivity index (χ1) is 8.99. The Hall–Kier alpha value is -1.39. The Kier molecular flexibility index (Phi) is 5.99. The Bertz CT molecular complexity index is 412. The molecule has 19 heavy (non-hydrogen) atoms. The van der Waals surface area contributed by atoms with Crippen LogP contribution in [0.5, 0.6) is 0 Å². The number of aliphatic hydroxyl groups excluding tert-OH is 1. The molecule has 0 aliphatic heterocycles. The van der Waals surface area contributed by atoms with Gasteiger partial charge < -0.3 is 10.4 Å². The fourth-order valence-electron chi connectivity index (χ4n) is 2.07. The average molecular weight is 264 g/mol. The van der Waals surface area contributed by atoms with E-state index in [-0.39, 0.29) is 18.6 Å². The van der Waals surface area contributed by atoms with Crippen LogP contribution in [0.25, 0.3) is 0 Å². The number of aryl methyl sites for hydroxylation is 2. The molecule has 0 aromatic heterocycles. The van der Waals surface area contributed by atoms with Gasteiger partial charge in [0, 0.05) is 11.7 Å². The Morgan fingerprint density at radius 3 is 2.42 bits per heavy atom. The average Bonchev–Trinajstić information content (AvgIpc) is 2.39. The summed E-state index contributed by atoms with van der Waals surface area (Å²) in [5, 5.41) is 12.1. The van der Waals surface area contributed by atoms with E-state index in [0.717, 1.165) is 23.4 Å². The van der Waals surface area contributed by atoms with Gasteiger partial charge >= 0.3 is 0 Å². The van der Waals surface area contributed by atoms with Crippen molar-refractivity contribution in [3.05, 3.63) is 29.3 Å². The minimum absolute atomic E-state index is 0.00582. The van der Waals surface area contributed by atoms with Crippen LogP contribution in [0.2, 0.25) is 0 Å². The summed E-state index contributed by atoms with van der Waals surface area (Å²) in [6.07, 6.45) is 0. The van der Waals surface area contributed by atoms with Crippen molar-refractivity contribution in [2.24, 2.45) is 0 Å². The van der Waals surface area contributed by atoms with Crippen LogP contribution in [0.1, 0.15) is 25.0 Å². The summed E-state index contributed by atoms with van der Waals surface area (Å²) in [6, 6.07) is 5.94. The van der Waals surface area contributed by atoms with Crippen molar-refractivity contribution in [1.82, 2.24) is 4.90 Å². The predicted octanol–water partition coefficient (Wildman–Crippen LogP) is 1.94. The van der Waals surface area contributed by atoms with Crippen LogP contribution in [0.4, 0.5) is 5.69 Å². The maximum Gasteiger partial charge on any atom is 0.238 e. The second-order valence-corrected chi connectivity index (χ2v) is 4.91. The number of likely N-dealkylation sites (N-methyl/N-ethyl adjacent to an activating group) is 1. The lowest BCUT2D eigenvalue weighted by Crippen LogP contribution is -2.41. The third kappa shape index (κ3) is 4.33. The number of amides is 1. The summed E-state index contributed by atoms with van der Waals surface area (Å²) < 4.78 is 0. The lowest BCUT2D eigenvalue weighted by molar-refractivity contribution is -0.117. The molecule has 1 unspecified atom stereocenters. The molecule has 0 aliphatic carbocycles. The van der Waals surface area contributed by atoms with Gasteiger partial charge in [-0.3, -0.25) is 9.69 Å². The second-order valence-electron chi connectivity index (χ2n) is 4.91. The molecule has 0 saturated heterocycles. The highest BCUT2D eigenvalue weighted by atomic mass is 16.3. The Balaban J connectivity index is 2.70. The molecular weight excluding hydrogens is 240 g/mol. The number of para-hydroxylation sites is 1. The quantitative estimate of drug-likeness (QED) is 0.825. The molecule has 0 fully saturated rings. The van der Waals surface area contributed by atoms with Crippen LogP contribution in [0, 0.1) is 13.8 Å². The monoisotopic (exact) mass is 264 g/mol. The number of nitrogens with zero attached hydrogens (tertiary/aromatic N) is 1. The molecule has 0 bridgehead atoms. The summed E-state index contributed by atoms with van der Waals surface area (Å²) >= 11 is 0. The molecule has 1 atom stereocenters. The van der Waals surface area contributed by atoms with Gasteiger partial charge in [0.05, 0.1) is 13.2 Å². The number of aliphatic hydroxyl groups is 1. The largest absolute Gasteiger partial charge is 0.395 e. The van der Waals surface area contributed by atoms with Crippen molar-refractivity contribution >= 4 is 11.6 Å². The van der Waals surface area contributed by atoms with Crippen LogP contribution < -0.4 is 5.32 Å². The first-order valence-corrected chi connectivity index (χ1v) is 6.70. The van der Waals surface area contributed by atoms with Crippen LogP contribution in [-0.4, -0.2) is 41.7 Å². The van der Waals surface area contributed by atoms with Gasteiger partial charge in [-0.25, -0.2) is 0 Å². The van der Waals surface area contributed by atoms with E-state index in [2.05, 4.69) is 5.32 Å². The number of hydrogen-bond donors (Lipinski definition) is 2. The molecule has 1 aromatic rings. The van der Waals surface area contributed by atoms with Gasteiger partial charge in [-0.05, 0) is 38.4 Å². The van der Waals surface area contributed by atoms with E-state index >= 15 is 0 Å². The zero-order valence-electron chi connectivity index (χ0n) is 12.2. The molecular formula is C15H24N2O2. The number of hydrogen-bond acceptors (Lipinski definition) is 3. The third-order valence-electron chi connectivity index (χ3n) is 3.39. The Labute approximate surface area is 115 Å². The standard InChI is InChI=1S/C15H24N2O2/c1-5-17(13(4)10-18)9-14(19)16-15-11(2)7-6-8-12(15)3/h6-8,13,18H,5,9-10H2,1-4H3,(H,16,19). The van der Waals surface area contributed by atoms with Crippen molar-refractivity contribution in [3.8, 4) is 0 Å². The number of carbonyl (C=O) groups excluding carboxylic acids is 1. The van der Waals surface area contributed by atoms with Crippen molar-refractivity contribution in [2.75, 3.05) is 25.0 Å². The summed E-state index contributed by atoms with van der Waals surface area (Å²) in [6.45, 7) is 8.96. The molecule has 0 saturated carbocycles. The van der Waals surface area contributed by atoms with Crippen LogP contribution in [-0.2, 0) is 4.79 Å². The topological polar surface area (TPSA) is 52.6 Å². The van der Waals surface area contributed by atoms with Crippen LogP contribution >= 0.6 is 0 Å². The van der Waals surface area contributed by atoms with Crippen LogP contribution in [0.3, 0.4) is 0 Å². The number of anilines is 1. The van der Waals surface area contributed by atoms with Gasteiger partial charge in [0.25, 0.3) is 0 Å². The maximum atomic E-state index is 12.1. The van der Waals surface area contributed by atoms with E-state index in [1.165, 1.54) is 0 Å². The predicted molar refractivity (Wildman–Crippen MR) is 78.3 cm³/mol. The zero-order valence-corrected chi connectivity index (χ0v) is 12.2. The fourth-order valence-corrected chi connectivity index (χ4v) is 2.07. The second kappa shape index (κ2) is 7.26. The number of carbonyl (C=O) groups is 1. The molecule has 0 heterocycles. The first kappa shape index (κ1) is 15.7. The molecule has 1 rings (SSSR count). The molecule has 1 amide bonds. The summed E-state index contributed by atoms with van der Waals surface area (Å²) in [7, 11) is 0. The highest BCUT2D eigenvalue weighted by molar-refractivity contribution is 5.93. The Morgan fingerprint density at radius 2 is 1.95 bits per heavy atom. The van der Waals surface area contributed by atoms with Crippen LogP contribution in [0.15, 0.2) is 18.2 Å². The Morgan fingerprint density at radius 1 is 1.37 bits per heavy atom. The zero-order chi connectivity index (χ0) is 14.4. The fraction of sp³-hybridized carbons (Fsp3) is 0.533. The van der Waals surface area contributed by atoms with E-state index in [1.807, 2.05) is 50.8 Å². The molecule has 106 valence electrons. The van der Waals surface area contributed by atoms with Gasteiger partial charge in [0.2, 0.25) is 5.91 Å². The molecule has 4 heteroatoms. The lowest BCUT2D eigenvalue weighted by atomic mass is 10.1. The van der Waals surface area contributed by atoms with Crippen molar-refractivity contribution in [1.29, 1.82) is 0 Å². The van der Waals surface area contributed by atoms with Gasteiger partial charge in [-0.2, -0.15) is 0 Å². The maximum absolute atomic E-state index is 12.1. The molecule has 1 aromatic carbocycles. The number of nitrogens with one attached hydrogen (secondary N) is 1. The van der Waals surface area contributed by atoms with Gasteiger partial charge in [0.1, 0.15) is 0 Å². The van der Waals surface area contributed by atoms with E-state index < -0.39 is 0 Å². The smallest absolute Gasteiger partial charge is 0.238 e. The molecule has 0 radical (unpaired) electrons. The summed E-state index contributed by atoms with van der Waals surface area (Å²) in [5.74, 6) is -0.0421. The number of rotatable bonds is 6. The number of benzene rings is 1.